The summed E-state index contributed by atoms with van der Waals surface area (Å²) in [6.07, 6.45) is 61.7. The Balaban J connectivity index is 3.72. The van der Waals surface area contributed by atoms with Crippen LogP contribution in [0.25, 0.3) is 0 Å². The monoisotopic (exact) mass is 870 g/mol. The zero-order valence-electron chi connectivity index (χ0n) is 38.1. The Morgan fingerprint density at radius 2 is 0.951 bits per heavy atom. The number of aliphatic hydroxyl groups is 1. The summed E-state index contributed by atoms with van der Waals surface area (Å²) in [5.41, 5.74) is 0. The Labute approximate surface area is 371 Å². The molecule has 0 heterocycles. The van der Waals surface area contributed by atoms with E-state index in [0.717, 1.165) is 83.5 Å². The van der Waals surface area contributed by atoms with Gasteiger partial charge in [-0.2, -0.15) is 0 Å². The van der Waals surface area contributed by atoms with Crippen molar-refractivity contribution >= 4 is 19.7 Å². The fraction of sp³-hybridized carbons (Fsp3) is 0.608. The molecule has 0 radical (unpaired) electrons. The minimum absolute atomic E-state index is 0.0327. The number of esters is 1. The van der Waals surface area contributed by atoms with Gasteiger partial charge in [-0.1, -0.05) is 175 Å². The van der Waals surface area contributed by atoms with Gasteiger partial charge in [0.1, 0.15) is 12.7 Å². The number of carbonyl (C=O) groups is 2. The molecule has 0 bridgehead atoms. The van der Waals surface area contributed by atoms with E-state index in [2.05, 4.69) is 116 Å². The summed E-state index contributed by atoms with van der Waals surface area (Å²) in [5.74, 6) is -0.618. The van der Waals surface area contributed by atoms with Crippen LogP contribution in [0.4, 0.5) is 0 Å². The average molecular weight is 870 g/mol. The van der Waals surface area contributed by atoms with Crippen LogP contribution in [-0.4, -0.2) is 54.3 Å². The minimum atomic E-state index is -4.45. The molecular weight excluding hydrogens is 786 g/mol. The number of carbonyl (C=O) groups excluding carboxylic acids is 2. The second-order valence-corrected chi connectivity index (χ2v) is 16.4. The van der Waals surface area contributed by atoms with Crippen LogP contribution in [0.1, 0.15) is 168 Å². The van der Waals surface area contributed by atoms with Crippen molar-refractivity contribution in [2.45, 2.75) is 174 Å². The largest absolute Gasteiger partial charge is 0.472 e. The van der Waals surface area contributed by atoms with Crippen LogP contribution in [0.3, 0.4) is 0 Å². The van der Waals surface area contributed by atoms with Crippen LogP contribution in [0.15, 0.2) is 109 Å². The first-order valence-electron chi connectivity index (χ1n) is 23.4. The quantitative estimate of drug-likeness (QED) is 0.0239. The van der Waals surface area contributed by atoms with Gasteiger partial charge in [-0.3, -0.25) is 18.6 Å². The predicted molar refractivity (Wildman–Crippen MR) is 256 cm³/mol. The van der Waals surface area contributed by atoms with Crippen molar-refractivity contribution in [3.8, 4) is 0 Å². The van der Waals surface area contributed by atoms with Crippen molar-refractivity contribution in [2.75, 3.05) is 26.4 Å². The number of phosphoric acid groups is 1. The molecule has 346 valence electrons. The lowest BCUT2D eigenvalue weighted by Crippen LogP contribution is -2.27. The molecule has 61 heavy (non-hydrogen) atoms. The normalized spacial score (nSPS) is 14.2. The van der Waals surface area contributed by atoms with E-state index in [0.29, 0.717) is 6.42 Å². The van der Waals surface area contributed by atoms with Gasteiger partial charge < -0.3 is 20.1 Å². The molecule has 3 N–H and O–H groups in total. The van der Waals surface area contributed by atoms with Crippen molar-refractivity contribution in [2.24, 2.45) is 0 Å². The first-order chi connectivity index (χ1) is 29.8. The average Bonchev–Trinajstić information content (AvgIpc) is 3.25. The summed E-state index contributed by atoms with van der Waals surface area (Å²) < 4.78 is 26.9. The van der Waals surface area contributed by atoms with Crippen LogP contribution in [0, 0.1) is 0 Å². The van der Waals surface area contributed by atoms with Crippen molar-refractivity contribution in [1.29, 1.82) is 0 Å². The maximum Gasteiger partial charge on any atom is 0.472 e. The Morgan fingerprint density at radius 1 is 0.525 bits per heavy atom. The van der Waals surface area contributed by atoms with Gasteiger partial charge >= 0.3 is 13.8 Å². The molecule has 0 spiro atoms. The molecule has 0 saturated heterocycles. The Hall–Kier alpha value is -3.33. The SMILES string of the molecule is CC/C=C\C/C=C\C/C=C\C/C=C\C/C=C\C/C=C\CCC(=O)NCCOP(=O)(O)OCC(O)COC(=O)CCCCCCCCCC/C=C\C/C=C\C/C=C\CCCCC. The number of hydrogen-bond donors (Lipinski definition) is 3. The number of amides is 1. The van der Waals surface area contributed by atoms with Crippen molar-refractivity contribution in [3.05, 3.63) is 109 Å². The van der Waals surface area contributed by atoms with Gasteiger partial charge in [0.25, 0.3) is 0 Å². The molecule has 0 aromatic heterocycles. The van der Waals surface area contributed by atoms with Crippen LogP contribution >= 0.6 is 7.82 Å². The summed E-state index contributed by atoms with van der Waals surface area (Å²) in [6, 6.07) is 0. The molecule has 9 nitrogen and oxygen atoms in total. The number of ether oxygens (including phenoxy) is 1. The summed E-state index contributed by atoms with van der Waals surface area (Å²) in [5, 5.41) is 12.7. The number of phosphoric ester groups is 1. The van der Waals surface area contributed by atoms with Gasteiger partial charge in [-0.25, -0.2) is 4.57 Å². The lowest BCUT2D eigenvalue weighted by Gasteiger charge is -2.15. The van der Waals surface area contributed by atoms with E-state index in [1.807, 2.05) is 12.2 Å². The topological polar surface area (TPSA) is 131 Å². The zero-order chi connectivity index (χ0) is 44.6. The number of unbranched alkanes of at least 4 members (excludes halogenated alkanes) is 11. The summed E-state index contributed by atoms with van der Waals surface area (Å²) in [4.78, 5) is 34.0. The third kappa shape index (κ3) is 47.6. The molecule has 0 aromatic carbocycles. The zero-order valence-corrected chi connectivity index (χ0v) is 39.0. The van der Waals surface area contributed by atoms with Gasteiger partial charge in [-0.15, -0.1) is 0 Å². The first kappa shape index (κ1) is 57.7. The molecule has 0 aromatic rings. The van der Waals surface area contributed by atoms with E-state index in [1.165, 1.54) is 51.4 Å². The Morgan fingerprint density at radius 3 is 1.44 bits per heavy atom. The van der Waals surface area contributed by atoms with Crippen molar-refractivity contribution in [3.63, 3.8) is 0 Å². The maximum atomic E-state index is 12.1. The van der Waals surface area contributed by atoms with E-state index < -0.39 is 26.5 Å². The minimum Gasteiger partial charge on any atom is -0.463 e. The Bertz CT molecular complexity index is 1360. The lowest BCUT2D eigenvalue weighted by atomic mass is 10.1. The van der Waals surface area contributed by atoms with Crippen LogP contribution in [-0.2, 0) is 27.9 Å². The standard InChI is InChI=1S/C51H84NO8P/c1-3-5-7-9-11-13-15-17-19-21-23-24-26-28-30-32-34-36-38-40-42-44-51(55)58-47-49(53)48-60-61(56,57)59-46-45-52-50(54)43-41-39-37-35-33-31-29-27-25-22-20-18-16-14-12-10-8-6-4-2/h6,8,11-14,17-20,23-25,27,31,33,37,39,49,53H,3-5,7,9-10,15-16,21-22,26,28-30,32,34-36,38,40-48H2,1-2H3,(H,52,54)(H,56,57)/b8-6-,13-11-,14-12-,19-17-,20-18-,24-23-,27-25-,33-31-,39-37-. The molecule has 0 saturated carbocycles. The molecule has 10 heteroatoms. The smallest absolute Gasteiger partial charge is 0.463 e. The van der Waals surface area contributed by atoms with Crippen molar-refractivity contribution in [1.82, 2.24) is 5.32 Å². The van der Waals surface area contributed by atoms with Crippen LogP contribution < -0.4 is 5.32 Å². The van der Waals surface area contributed by atoms with E-state index in [-0.39, 0.29) is 38.5 Å². The van der Waals surface area contributed by atoms with E-state index in [1.54, 1.807) is 0 Å². The van der Waals surface area contributed by atoms with Gasteiger partial charge in [0, 0.05) is 19.4 Å². The molecular formula is C51H84NO8P. The van der Waals surface area contributed by atoms with Gasteiger partial charge in [-0.05, 0) is 89.9 Å². The molecule has 0 fully saturated rings. The predicted octanol–water partition coefficient (Wildman–Crippen LogP) is 13.5. The number of hydrogen-bond acceptors (Lipinski definition) is 7. The first-order valence-corrected chi connectivity index (χ1v) is 24.9. The molecule has 1 amide bonds. The summed E-state index contributed by atoms with van der Waals surface area (Å²) in [7, 11) is -4.45. The molecule has 0 aliphatic rings. The van der Waals surface area contributed by atoms with E-state index in [4.69, 9.17) is 13.8 Å². The van der Waals surface area contributed by atoms with Gasteiger partial charge in [0.05, 0.1) is 13.2 Å². The fourth-order valence-corrected chi connectivity index (χ4v) is 6.46. The summed E-state index contributed by atoms with van der Waals surface area (Å²) in [6.45, 7) is 3.29. The van der Waals surface area contributed by atoms with Crippen LogP contribution in [0.2, 0.25) is 0 Å². The van der Waals surface area contributed by atoms with E-state index >= 15 is 0 Å². The fourth-order valence-electron chi connectivity index (χ4n) is 5.70. The highest BCUT2D eigenvalue weighted by Crippen LogP contribution is 2.42. The molecule has 0 aliphatic heterocycles. The second-order valence-electron chi connectivity index (χ2n) is 15.0. The molecule has 0 aliphatic carbocycles. The van der Waals surface area contributed by atoms with E-state index in [9.17, 15) is 24.2 Å². The third-order valence-electron chi connectivity index (χ3n) is 9.20. The highest BCUT2D eigenvalue weighted by atomic mass is 31.2. The highest BCUT2D eigenvalue weighted by Gasteiger charge is 2.23. The summed E-state index contributed by atoms with van der Waals surface area (Å²) >= 11 is 0. The van der Waals surface area contributed by atoms with Gasteiger partial charge in [0.2, 0.25) is 5.91 Å². The van der Waals surface area contributed by atoms with Gasteiger partial charge in [0.15, 0.2) is 0 Å². The van der Waals surface area contributed by atoms with Crippen molar-refractivity contribution < 1.29 is 37.9 Å². The second kappa shape index (κ2) is 46.2. The maximum absolute atomic E-state index is 12.1. The number of aliphatic hydroxyl groups excluding tert-OH is 1. The number of nitrogens with one attached hydrogen (secondary N) is 1. The number of rotatable bonds is 42. The molecule has 2 unspecified atom stereocenters. The Kier molecular flexibility index (Phi) is 43.7. The lowest BCUT2D eigenvalue weighted by molar-refractivity contribution is -0.147. The highest BCUT2D eigenvalue weighted by molar-refractivity contribution is 7.47. The van der Waals surface area contributed by atoms with Crippen LogP contribution in [0.5, 0.6) is 0 Å². The third-order valence-corrected chi connectivity index (χ3v) is 10.2. The number of allylic oxidation sites excluding steroid dienone is 18. The molecule has 2 atom stereocenters. The molecule has 0 rings (SSSR count).